The molecule has 1 unspecified atom stereocenters. The lowest BCUT2D eigenvalue weighted by molar-refractivity contribution is -0.121. The molecule has 0 spiro atoms. The van der Waals surface area contributed by atoms with Gasteiger partial charge in [0, 0.05) is 6.42 Å². The topological polar surface area (TPSA) is 118 Å². The molecule has 1 aromatic heterocycles. The van der Waals surface area contributed by atoms with Crippen LogP contribution in [-0.4, -0.2) is 40.7 Å². The Morgan fingerprint density at radius 1 is 1.33 bits per heavy atom. The van der Waals surface area contributed by atoms with Crippen LogP contribution in [0.2, 0.25) is 0 Å². The van der Waals surface area contributed by atoms with Crippen molar-refractivity contribution in [1.82, 2.24) is 25.9 Å². The number of rotatable bonds is 6. The van der Waals surface area contributed by atoms with Crippen molar-refractivity contribution in [3.63, 3.8) is 0 Å². The molecule has 1 aromatic carbocycles. The number of sulfone groups is 1. The Balaban J connectivity index is 1.89. The molecule has 0 fully saturated rings. The van der Waals surface area contributed by atoms with E-state index in [-0.39, 0.29) is 23.0 Å². The summed E-state index contributed by atoms with van der Waals surface area (Å²) in [5.74, 6) is -0.289. The van der Waals surface area contributed by atoms with Crippen molar-refractivity contribution in [3.05, 3.63) is 36.2 Å². The Kier molecular flexibility index (Phi) is 4.63. The summed E-state index contributed by atoms with van der Waals surface area (Å²) in [6, 6.07) is 7.61. The van der Waals surface area contributed by atoms with Crippen molar-refractivity contribution in [3.8, 4) is 0 Å². The lowest BCUT2D eigenvalue weighted by atomic mass is 10.3. The van der Waals surface area contributed by atoms with Crippen LogP contribution in [0.15, 0.2) is 35.2 Å². The Morgan fingerprint density at radius 3 is 2.67 bits per heavy atom. The molecule has 2 N–H and O–H groups in total. The second-order valence-electron chi connectivity index (χ2n) is 4.44. The van der Waals surface area contributed by atoms with Gasteiger partial charge in [0.1, 0.15) is 0 Å². The van der Waals surface area contributed by atoms with Crippen molar-refractivity contribution in [2.45, 2.75) is 24.3 Å². The number of carbonyl (C=O) groups excluding carboxylic acids is 1. The third-order valence-corrected chi connectivity index (χ3v) is 4.56. The first-order valence-corrected chi connectivity index (χ1v) is 7.95. The lowest BCUT2D eigenvalue weighted by Gasteiger charge is -2.10. The molecule has 2 aromatic rings. The predicted octanol–water partition coefficient (Wildman–Crippen LogP) is 0.241. The summed E-state index contributed by atoms with van der Waals surface area (Å²) in [5, 5.41) is 15.8. The molecule has 112 valence electrons. The van der Waals surface area contributed by atoms with E-state index in [1.165, 1.54) is 12.1 Å². The highest BCUT2D eigenvalue weighted by atomic mass is 32.2. The Bertz CT molecular complexity index is 685. The standard InChI is InChI=1S/C12H15N5O3S/c1-9(12-14-16-17-15-12)13-11(18)7-8-21(19,20)10-5-3-2-4-6-10/h2-6,9H,7-8H2,1H3,(H,13,18)(H,14,15,16,17). The van der Waals surface area contributed by atoms with Gasteiger partial charge < -0.3 is 5.32 Å². The maximum absolute atomic E-state index is 12.0. The highest BCUT2D eigenvalue weighted by molar-refractivity contribution is 7.91. The molecule has 0 aliphatic heterocycles. The van der Waals surface area contributed by atoms with Crippen LogP contribution in [-0.2, 0) is 14.6 Å². The van der Waals surface area contributed by atoms with E-state index >= 15 is 0 Å². The molecule has 0 radical (unpaired) electrons. The molecule has 0 saturated carbocycles. The number of benzene rings is 1. The van der Waals surface area contributed by atoms with Gasteiger partial charge in [-0.1, -0.05) is 23.4 Å². The monoisotopic (exact) mass is 309 g/mol. The first-order valence-electron chi connectivity index (χ1n) is 6.29. The van der Waals surface area contributed by atoms with Crippen molar-refractivity contribution in [1.29, 1.82) is 0 Å². The summed E-state index contributed by atoms with van der Waals surface area (Å²) in [7, 11) is -3.46. The fourth-order valence-corrected chi connectivity index (χ4v) is 2.97. The highest BCUT2D eigenvalue weighted by Gasteiger charge is 2.18. The molecule has 0 aliphatic rings. The van der Waals surface area contributed by atoms with Gasteiger partial charge in [-0.25, -0.2) is 8.42 Å². The average Bonchev–Trinajstić information content (AvgIpc) is 3.00. The zero-order valence-electron chi connectivity index (χ0n) is 11.4. The van der Waals surface area contributed by atoms with Gasteiger partial charge in [0.25, 0.3) is 0 Å². The minimum atomic E-state index is -3.46. The Labute approximate surface area is 121 Å². The van der Waals surface area contributed by atoms with Crippen LogP contribution in [0.5, 0.6) is 0 Å². The van der Waals surface area contributed by atoms with Crippen LogP contribution in [0.3, 0.4) is 0 Å². The second kappa shape index (κ2) is 6.44. The van der Waals surface area contributed by atoms with Crippen LogP contribution in [0.1, 0.15) is 25.2 Å². The smallest absolute Gasteiger partial charge is 0.221 e. The summed E-state index contributed by atoms with van der Waals surface area (Å²) in [4.78, 5) is 12.0. The first-order chi connectivity index (χ1) is 9.99. The molecule has 0 aliphatic carbocycles. The average molecular weight is 309 g/mol. The summed E-state index contributed by atoms with van der Waals surface area (Å²) in [6.45, 7) is 1.69. The number of hydrogen-bond donors (Lipinski definition) is 2. The molecule has 1 amide bonds. The third-order valence-electron chi connectivity index (χ3n) is 2.83. The number of tetrazole rings is 1. The van der Waals surface area contributed by atoms with Gasteiger partial charge in [-0.05, 0) is 19.1 Å². The minimum absolute atomic E-state index is 0.126. The van der Waals surface area contributed by atoms with Crippen LogP contribution in [0.25, 0.3) is 0 Å². The molecule has 1 atom stereocenters. The van der Waals surface area contributed by atoms with Gasteiger partial charge in [-0.2, -0.15) is 5.21 Å². The van der Waals surface area contributed by atoms with Crippen LogP contribution in [0.4, 0.5) is 0 Å². The maximum Gasteiger partial charge on any atom is 0.221 e. The number of aromatic nitrogens is 4. The molecular weight excluding hydrogens is 294 g/mol. The molecule has 0 saturated heterocycles. The maximum atomic E-state index is 12.0. The zero-order chi connectivity index (χ0) is 15.3. The Morgan fingerprint density at radius 2 is 2.05 bits per heavy atom. The van der Waals surface area contributed by atoms with E-state index in [1.54, 1.807) is 25.1 Å². The second-order valence-corrected chi connectivity index (χ2v) is 6.55. The van der Waals surface area contributed by atoms with E-state index in [1.807, 2.05) is 0 Å². The van der Waals surface area contributed by atoms with E-state index in [4.69, 9.17) is 0 Å². The van der Waals surface area contributed by atoms with Crippen LogP contribution < -0.4 is 5.32 Å². The number of carbonyl (C=O) groups is 1. The quantitative estimate of drug-likeness (QED) is 0.789. The molecule has 21 heavy (non-hydrogen) atoms. The molecule has 2 rings (SSSR count). The fourth-order valence-electron chi connectivity index (χ4n) is 1.70. The highest BCUT2D eigenvalue weighted by Crippen LogP contribution is 2.11. The van der Waals surface area contributed by atoms with Gasteiger partial charge in [0.15, 0.2) is 15.7 Å². The van der Waals surface area contributed by atoms with Gasteiger partial charge in [0.2, 0.25) is 5.91 Å². The molecule has 1 heterocycles. The first kappa shape index (κ1) is 15.1. The van der Waals surface area contributed by atoms with E-state index in [0.29, 0.717) is 5.82 Å². The van der Waals surface area contributed by atoms with Gasteiger partial charge in [-0.15, -0.1) is 10.2 Å². The summed E-state index contributed by atoms with van der Waals surface area (Å²) in [5.41, 5.74) is 0. The van der Waals surface area contributed by atoms with Gasteiger partial charge in [0.05, 0.1) is 16.7 Å². The molecular formula is C12H15N5O3S. The minimum Gasteiger partial charge on any atom is -0.346 e. The van der Waals surface area contributed by atoms with Crippen molar-refractivity contribution < 1.29 is 13.2 Å². The normalized spacial score (nSPS) is 12.8. The number of amides is 1. The Hall–Kier alpha value is -2.29. The SMILES string of the molecule is CC(NC(=O)CCS(=O)(=O)c1ccccc1)c1nn[nH]n1. The molecule has 9 heteroatoms. The van der Waals surface area contributed by atoms with Crippen molar-refractivity contribution in [2.24, 2.45) is 0 Å². The summed E-state index contributed by atoms with van der Waals surface area (Å²) >= 11 is 0. The van der Waals surface area contributed by atoms with Gasteiger partial charge >= 0.3 is 0 Å². The fraction of sp³-hybridized carbons (Fsp3) is 0.333. The summed E-state index contributed by atoms with van der Waals surface area (Å²) in [6.07, 6.45) is -0.126. The van der Waals surface area contributed by atoms with Gasteiger partial charge in [-0.3, -0.25) is 4.79 Å². The lowest BCUT2D eigenvalue weighted by Crippen LogP contribution is -2.29. The van der Waals surface area contributed by atoms with Crippen LogP contribution >= 0.6 is 0 Å². The molecule has 0 bridgehead atoms. The van der Waals surface area contributed by atoms with E-state index in [9.17, 15) is 13.2 Å². The third kappa shape index (κ3) is 4.09. The van der Waals surface area contributed by atoms with E-state index in [2.05, 4.69) is 25.9 Å². The van der Waals surface area contributed by atoms with E-state index < -0.39 is 15.9 Å². The number of nitrogens with one attached hydrogen (secondary N) is 2. The van der Waals surface area contributed by atoms with Crippen molar-refractivity contribution in [2.75, 3.05) is 5.75 Å². The van der Waals surface area contributed by atoms with Crippen LogP contribution in [0, 0.1) is 0 Å². The zero-order valence-corrected chi connectivity index (χ0v) is 12.2. The number of hydrogen-bond acceptors (Lipinski definition) is 6. The number of aromatic amines is 1. The summed E-state index contributed by atoms with van der Waals surface area (Å²) < 4.78 is 24.1. The number of H-pyrrole nitrogens is 1. The van der Waals surface area contributed by atoms with Crippen molar-refractivity contribution >= 4 is 15.7 Å². The largest absolute Gasteiger partial charge is 0.346 e. The number of nitrogens with zero attached hydrogens (tertiary/aromatic N) is 3. The predicted molar refractivity (Wildman–Crippen MR) is 73.8 cm³/mol. The van der Waals surface area contributed by atoms with E-state index in [0.717, 1.165) is 0 Å². The molecule has 8 nitrogen and oxygen atoms in total.